The first kappa shape index (κ1) is 50.9. The van der Waals surface area contributed by atoms with E-state index in [0.717, 1.165) is 98.0 Å². The van der Waals surface area contributed by atoms with Crippen LogP contribution in [-0.2, 0) is 22.4 Å². The molecular weight excluding hydrogens is 969 g/mol. The molecule has 2 atom stereocenters. The molecule has 0 aliphatic heterocycles. The summed E-state index contributed by atoms with van der Waals surface area (Å²) in [6.07, 6.45) is 0.340. The minimum atomic E-state index is -1.68. The highest BCUT2D eigenvalue weighted by Gasteiger charge is 2.46. The third-order valence-corrected chi connectivity index (χ3v) is 16.6. The molecule has 12 aromatic carbocycles. The Morgan fingerprint density at radius 1 is 0.329 bits per heavy atom. The zero-order valence-corrected chi connectivity index (χ0v) is 44.4. The molecule has 6 heteroatoms. The smallest absolute Gasteiger partial charge is 0.235 e. The number of rotatable bonds is 16. The largest absolute Gasteiger partial charge is 0.387 e. The van der Waals surface area contributed by atoms with Crippen molar-refractivity contribution in [3.8, 4) is 0 Å². The van der Waals surface area contributed by atoms with Gasteiger partial charge in [-0.05, 0) is 112 Å². The zero-order chi connectivity index (χ0) is 54.1. The van der Waals surface area contributed by atoms with E-state index >= 15 is 9.59 Å². The fraction of sp³-hybridized carbons (Fsp3) is 0.151. The van der Waals surface area contributed by atoms with Gasteiger partial charge in [-0.15, -0.1) is 0 Å². The number of aliphatic hydroxyl groups is 2. The molecule has 0 fully saturated rings. The van der Waals surface area contributed by atoms with Gasteiger partial charge in [-0.3, -0.25) is 9.59 Å². The van der Waals surface area contributed by atoms with Gasteiger partial charge in [0, 0.05) is 37.8 Å². The molecule has 0 aromatic heterocycles. The SMILES string of the molecule is CC(C)(C(=O)NCC(O)(Cc1cccc2ccccc12)C(c1cccc2ccccc12)c1cccc2ccccc12)C(=O)NCC(O)(Cc1cccc2ccccc12)C(c1cccc2ccccc12)c1cccc2ccccc12. The highest BCUT2D eigenvalue weighted by Crippen LogP contribution is 2.46. The van der Waals surface area contributed by atoms with Crippen molar-refractivity contribution in [1.82, 2.24) is 10.6 Å². The first-order chi connectivity index (χ1) is 38.5. The summed E-state index contributed by atoms with van der Waals surface area (Å²) >= 11 is 0. The van der Waals surface area contributed by atoms with Gasteiger partial charge >= 0.3 is 0 Å². The Morgan fingerprint density at radius 2 is 0.557 bits per heavy atom. The quantitative estimate of drug-likeness (QED) is 0.0725. The highest BCUT2D eigenvalue weighted by atomic mass is 16.3. The lowest BCUT2D eigenvalue weighted by Gasteiger charge is -2.40. The molecule has 2 amide bonds. The van der Waals surface area contributed by atoms with E-state index in [2.05, 4.69) is 156 Å². The van der Waals surface area contributed by atoms with Crippen molar-refractivity contribution >= 4 is 76.4 Å². The molecule has 79 heavy (non-hydrogen) atoms. The maximum atomic E-state index is 15.2. The van der Waals surface area contributed by atoms with E-state index in [1.54, 1.807) is 13.8 Å². The minimum Gasteiger partial charge on any atom is -0.387 e. The van der Waals surface area contributed by atoms with Gasteiger partial charge in [0.1, 0.15) is 5.41 Å². The van der Waals surface area contributed by atoms with E-state index in [9.17, 15) is 10.2 Å². The first-order valence-corrected chi connectivity index (χ1v) is 27.3. The molecule has 388 valence electrons. The van der Waals surface area contributed by atoms with E-state index in [1.165, 1.54) is 0 Å². The summed E-state index contributed by atoms with van der Waals surface area (Å²) in [7, 11) is 0. The Balaban J connectivity index is 0.937. The Morgan fingerprint density at radius 3 is 0.848 bits per heavy atom. The van der Waals surface area contributed by atoms with Crippen LogP contribution in [0.15, 0.2) is 255 Å². The molecule has 6 nitrogen and oxygen atoms in total. The van der Waals surface area contributed by atoms with Gasteiger partial charge in [-0.25, -0.2) is 0 Å². The Kier molecular flexibility index (Phi) is 13.6. The third-order valence-electron chi connectivity index (χ3n) is 16.6. The summed E-state index contributed by atoms with van der Waals surface area (Å²) in [6.45, 7) is 2.84. The van der Waals surface area contributed by atoms with Crippen LogP contribution in [0.25, 0.3) is 64.6 Å². The van der Waals surface area contributed by atoms with Gasteiger partial charge in [0.25, 0.3) is 0 Å². The minimum absolute atomic E-state index is 0.170. The number of nitrogens with one attached hydrogen (secondary N) is 2. The third kappa shape index (κ3) is 9.69. The van der Waals surface area contributed by atoms with Crippen molar-refractivity contribution < 1.29 is 19.8 Å². The van der Waals surface area contributed by atoms with Crippen LogP contribution in [0.4, 0.5) is 0 Å². The summed E-state index contributed by atoms with van der Waals surface area (Å²) in [6, 6.07) is 86.4. The van der Waals surface area contributed by atoms with Gasteiger partial charge in [0.15, 0.2) is 0 Å². The molecule has 12 aromatic rings. The number of hydrogen-bond acceptors (Lipinski definition) is 4. The van der Waals surface area contributed by atoms with E-state index in [1.807, 2.05) is 109 Å². The van der Waals surface area contributed by atoms with Crippen molar-refractivity contribution in [2.24, 2.45) is 5.41 Å². The number of benzene rings is 12. The van der Waals surface area contributed by atoms with Crippen LogP contribution < -0.4 is 10.6 Å². The van der Waals surface area contributed by atoms with Crippen LogP contribution in [0.3, 0.4) is 0 Å². The van der Waals surface area contributed by atoms with Crippen molar-refractivity contribution in [2.75, 3.05) is 13.1 Å². The van der Waals surface area contributed by atoms with Crippen LogP contribution in [0.2, 0.25) is 0 Å². The molecule has 2 unspecified atom stereocenters. The Labute approximate surface area is 461 Å². The van der Waals surface area contributed by atoms with Crippen molar-refractivity contribution in [2.45, 2.75) is 49.7 Å². The summed E-state index contributed by atoms with van der Waals surface area (Å²) in [5, 5.41) is 46.7. The monoisotopic (exact) mass is 1030 g/mol. The number of carbonyl (C=O) groups excluding carboxylic acids is 2. The van der Waals surface area contributed by atoms with Crippen LogP contribution in [0, 0.1) is 5.41 Å². The fourth-order valence-corrected chi connectivity index (χ4v) is 12.6. The van der Waals surface area contributed by atoms with Crippen LogP contribution >= 0.6 is 0 Å². The Bertz CT molecular complexity index is 3800. The van der Waals surface area contributed by atoms with Crippen molar-refractivity contribution in [3.63, 3.8) is 0 Å². The molecule has 0 spiro atoms. The summed E-state index contributed by atoms with van der Waals surface area (Å²) < 4.78 is 0. The second-order valence-electron chi connectivity index (χ2n) is 22.0. The zero-order valence-electron chi connectivity index (χ0n) is 44.4. The van der Waals surface area contributed by atoms with Gasteiger partial charge in [0.2, 0.25) is 11.8 Å². The lowest BCUT2D eigenvalue weighted by Crippen LogP contribution is -2.56. The second-order valence-corrected chi connectivity index (χ2v) is 22.0. The lowest BCUT2D eigenvalue weighted by molar-refractivity contribution is -0.143. The average molecular weight is 1030 g/mol. The molecule has 0 aliphatic carbocycles. The standard InChI is InChI=1S/C73H62N2O4/c1-71(2,69(76)74-47-72(78,45-55-33-15-27-49-21-3-9-35-57(49)55)67(63-41-17-29-51-23-5-11-37-59(51)63)64-42-18-30-52-24-6-12-38-60(52)64)70(77)75-48-73(79,46-56-34-16-28-50-22-4-10-36-58(50)56)68(65-43-19-31-53-25-7-13-39-61(53)65)66-44-20-32-54-26-8-14-40-62(54)66/h3-44,67-68,78-79H,45-48H2,1-2H3,(H,74,76)(H,75,77). The molecular formula is C73H62N2O4. The van der Waals surface area contributed by atoms with Gasteiger partial charge < -0.3 is 20.8 Å². The molecule has 0 saturated carbocycles. The van der Waals surface area contributed by atoms with E-state index in [-0.39, 0.29) is 25.9 Å². The molecule has 0 saturated heterocycles. The predicted octanol–water partition coefficient (Wildman–Crippen LogP) is 14.8. The molecule has 0 heterocycles. The number of fused-ring (bicyclic) bond motifs is 6. The maximum absolute atomic E-state index is 15.2. The number of carbonyl (C=O) groups is 2. The average Bonchev–Trinajstić information content (AvgIpc) is 3.63. The van der Waals surface area contributed by atoms with Crippen LogP contribution in [0.1, 0.15) is 59.1 Å². The van der Waals surface area contributed by atoms with E-state index in [0.29, 0.717) is 0 Å². The molecule has 12 rings (SSSR count). The summed E-state index contributed by atoms with van der Waals surface area (Å²) in [5.74, 6) is -2.45. The summed E-state index contributed by atoms with van der Waals surface area (Å²) in [4.78, 5) is 30.4. The first-order valence-electron chi connectivity index (χ1n) is 27.3. The second kappa shape index (κ2) is 21.1. The number of hydrogen-bond donors (Lipinski definition) is 4. The Hall–Kier alpha value is -8.94. The fourth-order valence-electron chi connectivity index (χ4n) is 12.6. The van der Waals surface area contributed by atoms with E-state index in [4.69, 9.17) is 0 Å². The van der Waals surface area contributed by atoms with Crippen molar-refractivity contribution in [3.05, 3.63) is 288 Å². The molecule has 0 bridgehead atoms. The predicted molar refractivity (Wildman–Crippen MR) is 324 cm³/mol. The maximum Gasteiger partial charge on any atom is 0.235 e. The topological polar surface area (TPSA) is 98.7 Å². The van der Waals surface area contributed by atoms with Gasteiger partial charge in [-0.1, -0.05) is 255 Å². The van der Waals surface area contributed by atoms with Crippen molar-refractivity contribution in [1.29, 1.82) is 0 Å². The van der Waals surface area contributed by atoms with Crippen LogP contribution in [-0.4, -0.2) is 46.3 Å². The molecule has 0 radical (unpaired) electrons. The van der Waals surface area contributed by atoms with Gasteiger partial charge in [0.05, 0.1) is 11.2 Å². The van der Waals surface area contributed by atoms with Gasteiger partial charge in [-0.2, -0.15) is 0 Å². The summed E-state index contributed by atoms with van der Waals surface area (Å²) in [5.41, 5.74) is 0.518. The van der Waals surface area contributed by atoms with E-state index < -0.39 is 40.3 Å². The lowest BCUT2D eigenvalue weighted by atomic mass is 9.71. The molecule has 4 N–H and O–H groups in total. The highest BCUT2D eigenvalue weighted by molar-refractivity contribution is 6.04. The normalized spacial score (nSPS) is 13.5. The molecule has 0 aliphatic rings. The number of amides is 2. The van der Waals surface area contributed by atoms with Crippen LogP contribution in [0.5, 0.6) is 0 Å².